The second kappa shape index (κ2) is 9.30. The zero-order valence-corrected chi connectivity index (χ0v) is 15.2. The van der Waals surface area contributed by atoms with Crippen molar-refractivity contribution in [3.8, 4) is 5.75 Å². The van der Waals surface area contributed by atoms with Crippen LogP contribution in [0, 0.1) is 0 Å². The van der Waals surface area contributed by atoms with Crippen molar-refractivity contribution < 1.29 is 14.3 Å². The monoisotopic (exact) mass is 380 g/mol. The molecule has 0 bridgehead atoms. The minimum absolute atomic E-state index is 0.0651. The van der Waals surface area contributed by atoms with Crippen molar-refractivity contribution in [2.24, 2.45) is 0 Å². The molecule has 0 saturated heterocycles. The summed E-state index contributed by atoms with van der Waals surface area (Å²) in [5.41, 5.74) is 0.521. The molecule has 0 aliphatic carbocycles. The summed E-state index contributed by atoms with van der Waals surface area (Å²) in [5, 5.41) is 3.43. The van der Waals surface area contributed by atoms with Gasteiger partial charge in [-0.1, -0.05) is 41.4 Å². The summed E-state index contributed by atoms with van der Waals surface area (Å²) in [4.78, 5) is 25.4. The van der Waals surface area contributed by atoms with Crippen LogP contribution in [0.5, 0.6) is 5.75 Å². The average Bonchev–Trinajstić information content (AvgIpc) is 2.59. The largest absolute Gasteiger partial charge is 0.493 e. The van der Waals surface area contributed by atoms with E-state index in [0.717, 1.165) is 0 Å². The molecule has 1 N–H and O–H groups in total. The van der Waals surface area contributed by atoms with Gasteiger partial charge in [0.2, 0.25) is 11.8 Å². The molecule has 2 aromatic rings. The number of nitrogens with one attached hydrogen (secondary N) is 1. The molecule has 0 unspecified atom stereocenters. The SMILES string of the molecule is CN(CC(=O)Nc1ccc(Cl)c(Cl)c1)C(=O)CCOc1ccccc1. The first kappa shape index (κ1) is 19.1. The Hall–Kier alpha value is -2.24. The number of halogens is 2. The van der Waals surface area contributed by atoms with E-state index < -0.39 is 0 Å². The number of ether oxygens (including phenoxy) is 1. The summed E-state index contributed by atoms with van der Waals surface area (Å²) < 4.78 is 5.48. The van der Waals surface area contributed by atoms with Gasteiger partial charge in [-0.15, -0.1) is 0 Å². The Morgan fingerprint density at radius 3 is 2.48 bits per heavy atom. The van der Waals surface area contributed by atoms with E-state index in [2.05, 4.69) is 5.32 Å². The van der Waals surface area contributed by atoms with Crippen LogP contribution < -0.4 is 10.1 Å². The molecule has 0 heterocycles. The van der Waals surface area contributed by atoms with E-state index in [1.807, 2.05) is 30.3 Å². The van der Waals surface area contributed by atoms with E-state index >= 15 is 0 Å². The maximum absolute atomic E-state index is 12.0. The molecule has 2 aromatic carbocycles. The Kier molecular flexibility index (Phi) is 7.10. The number of anilines is 1. The lowest BCUT2D eigenvalue weighted by atomic mass is 10.3. The normalized spacial score (nSPS) is 10.2. The van der Waals surface area contributed by atoms with Crippen molar-refractivity contribution >= 4 is 40.7 Å². The van der Waals surface area contributed by atoms with Crippen molar-refractivity contribution in [3.63, 3.8) is 0 Å². The fraction of sp³-hybridized carbons (Fsp3) is 0.222. The molecule has 25 heavy (non-hydrogen) atoms. The summed E-state index contributed by atoms with van der Waals surface area (Å²) in [6.45, 7) is 0.187. The summed E-state index contributed by atoms with van der Waals surface area (Å²) in [6, 6.07) is 14.0. The quantitative estimate of drug-likeness (QED) is 0.793. The first-order chi connectivity index (χ1) is 12.0. The molecule has 0 aliphatic heterocycles. The summed E-state index contributed by atoms with van der Waals surface area (Å²) in [5.74, 6) is 0.203. The van der Waals surface area contributed by atoms with Gasteiger partial charge in [0, 0.05) is 12.7 Å². The molecule has 0 fully saturated rings. The van der Waals surface area contributed by atoms with E-state index in [0.29, 0.717) is 21.5 Å². The molecular weight excluding hydrogens is 363 g/mol. The van der Waals surface area contributed by atoms with Crippen LogP contribution in [0.2, 0.25) is 10.0 Å². The highest BCUT2D eigenvalue weighted by Crippen LogP contribution is 2.24. The van der Waals surface area contributed by atoms with Gasteiger partial charge < -0.3 is 15.0 Å². The lowest BCUT2D eigenvalue weighted by Crippen LogP contribution is -2.35. The lowest BCUT2D eigenvalue weighted by Gasteiger charge is -2.17. The second-order valence-electron chi connectivity index (χ2n) is 5.34. The van der Waals surface area contributed by atoms with Crippen LogP contribution in [0.1, 0.15) is 6.42 Å². The summed E-state index contributed by atoms with van der Waals surface area (Å²) in [7, 11) is 1.57. The van der Waals surface area contributed by atoms with E-state index in [1.165, 1.54) is 4.90 Å². The average molecular weight is 381 g/mol. The van der Waals surface area contributed by atoms with Gasteiger partial charge in [-0.2, -0.15) is 0 Å². The van der Waals surface area contributed by atoms with Gasteiger partial charge >= 0.3 is 0 Å². The fourth-order valence-corrected chi connectivity index (χ4v) is 2.34. The predicted octanol–water partition coefficient (Wildman–Crippen LogP) is 3.86. The molecular formula is C18H18Cl2N2O3. The van der Waals surface area contributed by atoms with Gasteiger partial charge in [0.25, 0.3) is 0 Å². The third-order valence-corrected chi connectivity index (χ3v) is 4.08. The molecule has 0 aromatic heterocycles. The Labute approximate surface area is 156 Å². The number of para-hydroxylation sites is 1. The van der Waals surface area contributed by atoms with Gasteiger partial charge in [0.15, 0.2) is 0 Å². The molecule has 0 radical (unpaired) electrons. The number of rotatable bonds is 7. The van der Waals surface area contributed by atoms with Crippen molar-refractivity contribution in [2.75, 3.05) is 25.5 Å². The Bertz CT molecular complexity index is 738. The van der Waals surface area contributed by atoms with Crippen LogP contribution in [0.4, 0.5) is 5.69 Å². The Morgan fingerprint density at radius 2 is 1.80 bits per heavy atom. The van der Waals surface area contributed by atoms with Gasteiger partial charge in [-0.25, -0.2) is 0 Å². The number of hydrogen-bond donors (Lipinski definition) is 1. The zero-order chi connectivity index (χ0) is 18.2. The Balaban J connectivity index is 1.75. The third-order valence-electron chi connectivity index (χ3n) is 3.34. The van der Waals surface area contributed by atoms with Crippen LogP contribution in [0.3, 0.4) is 0 Å². The topological polar surface area (TPSA) is 58.6 Å². The highest BCUT2D eigenvalue weighted by molar-refractivity contribution is 6.42. The number of nitrogens with zero attached hydrogens (tertiary/aromatic N) is 1. The van der Waals surface area contributed by atoms with Crippen LogP contribution in [0.15, 0.2) is 48.5 Å². The molecule has 0 saturated carbocycles. The van der Waals surface area contributed by atoms with Crippen molar-refractivity contribution in [1.82, 2.24) is 4.90 Å². The fourth-order valence-electron chi connectivity index (χ4n) is 2.04. The number of benzene rings is 2. The number of likely N-dealkylation sites (N-methyl/N-ethyl adjacent to an activating group) is 1. The van der Waals surface area contributed by atoms with E-state index in [1.54, 1.807) is 25.2 Å². The Morgan fingerprint density at radius 1 is 1.08 bits per heavy atom. The number of hydrogen-bond acceptors (Lipinski definition) is 3. The van der Waals surface area contributed by atoms with E-state index in [4.69, 9.17) is 27.9 Å². The van der Waals surface area contributed by atoms with Gasteiger partial charge in [0.05, 0.1) is 29.6 Å². The highest BCUT2D eigenvalue weighted by Gasteiger charge is 2.13. The van der Waals surface area contributed by atoms with Crippen LogP contribution in [-0.2, 0) is 9.59 Å². The molecule has 0 aliphatic rings. The molecule has 132 valence electrons. The van der Waals surface area contributed by atoms with Crippen LogP contribution in [0.25, 0.3) is 0 Å². The maximum atomic E-state index is 12.0. The van der Waals surface area contributed by atoms with E-state index in [-0.39, 0.29) is 31.4 Å². The van der Waals surface area contributed by atoms with Crippen molar-refractivity contribution in [1.29, 1.82) is 0 Å². The molecule has 2 amide bonds. The number of amides is 2. The number of carbonyl (C=O) groups is 2. The van der Waals surface area contributed by atoms with Crippen molar-refractivity contribution in [3.05, 3.63) is 58.6 Å². The first-order valence-corrected chi connectivity index (χ1v) is 8.38. The third kappa shape index (κ3) is 6.29. The summed E-state index contributed by atoms with van der Waals surface area (Å²) in [6.07, 6.45) is 0.186. The second-order valence-corrected chi connectivity index (χ2v) is 6.15. The lowest BCUT2D eigenvalue weighted by molar-refractivity contribution is -0.133. The highest BCUT2D eigenvalue weighted by atomic mass is 35.5. The van der Waals surface area contributed by atoms with Gasteiger partial charge in [-0.05, 0) is 30.3 Å². The van der Waals surface area contributed by atoms with Crippen molar-refractivity contribution in [2.45, 2.75) is 6.42 Å². The molecule has 7 heteroatoms. The standard InChI is InChI=1S/C18H18Cl2N2O3/c1-22(18(24)9-10-25-14-5-3-2-4-6-14)12-17(23)21-13-7-8-15(19)16(20)11-13/h2-8,11H,9-10,12H2,1H3,(H,21,23). The van der Waals surface area contributed by atoms with Gasteiger partial charge in [-0.3, -0.25) is 9.59 Å². The zero-order valence-electron chi connectivity index (χ0n) is 13.7. The minimum atomic E-state index is -0.321. The predicted molar refractivity (Wildman–Crippen MR) is 99.3 cm³/mol. The molecule has 5 nitrogen and oxygen atoms in total. The van der Waals surface area contributed by atoms with Crippen LogP contribution >= 0.6 is 23.2 Å². The molecule has 2 rings (SSSR count). The molecule has 0 spiro atoms. The summed E-state index contributed by atoms with van der Waals surface area (Å²) >= 11 is 11.7. The van der Waals surface area contributed by atoms with E-state index in [9.17, 15) is 9.59 Å². The number of carbonyl (C=O) groups excluding carboxylic acids is 2. The first-order valence-electron chi connectivity index (χ1n) is 7.62. The molecule has 0 atom stereocenters. The smallest absolute Gasteiger partial charge is 0.243 e. The maximum Gasteiger partial charge on any atom is 0.243 e. The van der Waals surface area contributed by atoms with Gasteiger partial charge in [0.1, 0.15) is 5.75 Å². The van der Waals surface area contributed by atoms with Crippen LogP contribution in [-0.4, -0.2) is 36.9 Å². The minimum Gasteiger partial charge on any atom is -0.493 e.